The number of amides is 4. The quantitative estimate of drug-likeness (QED) is 0.132. The summed E-state index contributed by atoms with van der Waals surface area (Å²) in [7, 11) is 2.57. The standard InChI is InChI=1S/C43H46N8O6/c1-24(47-42(55)57-3)40(53)51-32-13-12-31(18-32)37(51)39-45-20-33(49-39)26-6-4-25(5-7-26)27-8-9-29-17-30(11-10-28(29)16-27)34-21-44-38(48-34)35-19-43(14-15-43)23-50(35)36(52)22-46-41(54)56-2/h4-11,16-17,20-21,24,31-32,35,37H,12-15,18-19,22-23H2,1-3H3,(H,44,48)(H,45,49)(H,46,54)(H,47,55)/t24-,31-,32+,35-,37-/m0/s1. The van der Waals surface area contributed by atoms with Gasteiger partial charge in [0.25, 0.3) is 0 Å². The first-order valence-electron chi connectivity index (χ1n) is 19.6. The van der Waals surface area contributed by atoms with Crippen LogP contribution in [0.3, 0.4) is 0 Å². The number of piperidine rings is 1. The lowest BCUT2D eigenvalue weighted by Crippen LogP contribution is -2.50. The Hall–Kier alpha value is -6.18. The van der Waals surface area contributed by atoms with Crippen LogP contribution in [-0.4, -0.2) is 93.1 Å². The summed E-state index contributed by atoms with van der Waals surface area (Å²) in [5.74, 6) is 1.59. The number of nitrogens with zero attached hydrogens (tertiary/aromatic N) is 4. The first-order valence-corrected chi connectivity index (χ1v) is 19.6. The molecule has 4 N–H and O–H groups in total. The molecule has 14 nitrogen and oxygen atoms in total. The Bertz CT molecular complexity index is 2370. The summed E-state index contributed by atoms with van der Waals surface area (Å²) in [5, 5.41) is 7.35. The van der Waals surface area contributed by atoms with Gasteiger partial charge in [0, 0.05) is 18.2 Å². The average Bonchev–Trinajstić information content (AvgIpc) is 3.87. The van der Waals surface area contributed by atoms with Crippen molar-refractivity contribution in [1.82, 2.24) is 40.4 Å². The number of rotatable bonds is 9. The first-order chi connectivity index (χ1) is 27.6. The topological polar surface area (TPSA) is 175 Å². The van der Waals surface area contributed by atoms with Crippen molar-refractivity contribution in [1.29, 1.82) is 0 Å². The zero-order valence-corrected chi connectivity index (χ0v) is 32.2. The Kier molecular flexibility index (Phi) is 9.21. The number of H-pyrrole nitrogens is 2. The third-order valence-electron chi connectivity index (χ3n) is 12.6. The van der Waals surface area contributed by atoms with Crippen LogP contribution in [0, 0.1) is 11.3 Å². The minimum Gasteiger partial charge on any atom is -0.453 e. The van der Waals surface area contributed by atoms with Gasteiger partial charge in [-0.05, 0) is 96.4 Å². The molecule has 2 aromatic heterocycles. The lowest BCUT2D eigenvalue weighted by atomic mass is 9.97. The van der Waals surface area contributed by atoms with Crippen molar-refractivity contribution in [3.8, 4) is 33.6 Å². The van der Waals surface area contributed by atoms with Gasteiger partial charge < -0.3 is 39.9 Å². The molecule has 0 unspecified atom stereocenters. The zero-order chi connectivity index (χ0) is 39.4. The van der Waals surface area contributed by atoms with Crippen LogP contribution in [0.2, 0.25) is 0 Å². The van der Waals surface area contributed by atoms with Crippen molar-refractivity contribution in [2.75, 3.05) is 27.3 Å². The molecule has 9 rings (SSSR count). The maximum atomic E-state index is 13.5. The number of methoxy groups -OCH3 is 2. The molecule has 4 fully saturated rings. The van der Waals surface area contributed by atoms with Crippen LogP contribution in [0.4, 0.5) is 9.59 Å². The minimum atomic E-state index is -0.698. The summed E-state index contributed by atoms with van der Waals surface area (Å²) in [6, 6.07) is 20.3. The van der Waals surface area contributed by atoms with Crippen molar-refractivity contribution in [3.63, 3.8) is 0 Å². The number of nitrogens with one attached hydrogen (secondary N) is 4. The lowest BCUT2D eigenvalue weighted by molar-refractivity contribution is -0.137. The van der Waals surface area contributed by atoms with Crippen LogP contribution >= 0.6 is 0 Å². The predicted octanol–water partition coefficient (Wildman–Crippen LogP) is 6.49. The molecule has 4 heterocycles. The number of ether oxygens (including phenoxy) is 2. The second-order valence-electron chi connectivity index (χ2n) is 16.1. The highest BCUT2D eigenvalue weighted by molar-refractivity contribution is 5.91. The molecule has 57 heavy (non-hydrogen) atoms. The van der Waals surface area contributed by atoms with Crippen molar-refractivity contribution in [3.05, 3.63) is 84.7 Å². The predicted molar refractivity (Wildman–Crippen MR) is 211 cm³/mol. The summed E-state index contributed by atoms with van der Waals surface area (Å²) in [6.45, 7) is 2.25. The second kappa shape index (κ2) is 14.4. The smallest absolute Gasteiger partial charge is 0.407 e. The fraction of sp³-hybridized carbons (Fsp3) is 0.395. The summed E-state index contributed by atoms with van der Waals surface area (Å²) in [4.78, 5) is 70.3. The maximum absolute atomic E-state index is 13.5. The number of aromatic amines is 2. The summed E-state index contributed by atoms with van der Waals surface area (Å²) in [6.07, 6.45) is 8.41. The Morgan fingerprint density at radius 2 is 1.46 bits per heavy atom. The second-order valence-corrected chi connectivity index (χ2v) is 16.1. The number of hydrogen-bond donors (Lipinski definition) is 4. The van der Waals surface area contributed by atoms with E-state index in [0.29, 0.717) is 12.5 Å². The van der Waals surface area contributed by atoms with Crippen LogP contribution < -0.4 is 10.6 Å². The number of imidazole rings is 2. The minimum absolute atomic E-state index is 0.112. The van der Waals surface area contributed by atoms with Crippen molar-refractivity contribution < 1.29 is 28.7 Å². The Balaban J connectivity index is 0.883. The molecule has 2 bridgehead atoms. The fourth-order valence-electron chi connectivity index (χ4n) is 9.32. The van der Waals surface area contributed by atoms with E-state index in [9.17, 15) is 19.2 Å². The van der Waals surface area contributed by atoms with Crippen molar-refractivity contribution >= 4 is 34.8 Å². The molecule has 0 radical (unpaired) electrons. The monoisotopic (exact) mass is 770 g/mol. The Morgan fingerprint density at radius 1 is 0.825 bits per heavy atom. The van der Waals surface area contributed by atoms with E-state index < -0.39 is 18.2 Å². The van der Waals surface area contributed by atoms with E-state index in [1.807, 2.05) is 22.2 Å². The van der Waals surface area contributed by atoms with Crippen LogP contribution in [0.25, 0.3) is 44.4 Å². The lowest BCUT2D eigenvalue weighted by Gasteiger charge is -2.36. The number of fused-ring (bicyclic) bond motifs is 3. The highest BCUT2D eigenvalue weighted by Crippen LogP contribution is 2.58. The average molecular weight is 771 g/mol. The SMILES string of the molecule is COC(=O)NCC(=O)N1CC2(CC2)C[C@H]1c1ncc(-c2ccc3cc(-c4ccc(-c5cnc([C@@H]6[C@H]7CC[C@H](C7)N6C(=O)[C@H](C)NC(=O)OC)[nH]5)cc4)ccc3c2)[nH]1. The normalized spacial score (nSPS) is 22.2. The molecule has 14 heteroatoms. The van der Waals surface area contributed by atoms with Gasteiger partial charge in [-0.25, -0.2) is 19.6 Å². The molecule has 5 atom stereocenters. The summed E-state index contributed by atoms with van der Waals surface area (Å²) in [5.41, 5.74) is 6.11. The van der Waals surface area contributed by atoms with E-state index in [-0.39, 0.29) is 41.9 Å². The molecule has 4 amide bonds. The van der Waals surface area contributed by atoms with Crippen LogP contribution in [0.1, 0.15) is 69.2 Å². The molecule has 1 spiro atoms. The van der Waals surface area contributed by atoms with Gasteiger partial charge in [-0.15, -0.1) is 0 Å². The van der Waals surface area contributed by atoms with Crippen LogP contribution in [0.5, 0.6) is 0 Å². The van der Waals surface area contributed by atoms with Gasteiger partial charge in [0.2, 0.25) is 11.8 Å². The van der Waals surface area contributed by atoms with Gasteiger partial charge in [0.15, 0.2) is 0 Å². The van der Waals surface area contributed by atoms with E-state index in [1.54, 1.807) is 6.92 Å². The third kappa shape index (κ3) is 6.87. The number of benzene rings is 3. The van der Waals surface area contributed by atoms with Gasteiger partial charge in [0.1, 0.15) is 24.2 Å². The van der Waals surface area contributed by atoms with Gasteiger partial charge in [-0.1, -0.05) is 48.5 Å². The molecule has 294 valence electrons. The Labute approximate surface area is 329 Å². The molecular formula is C43H46N8O6. The van der Waals surface area contributed by atoms with E-state index >= 15 is 0 Å². The van der Waals surface area contributed by atoms with Gasteiger partial charge >= 0.3 is 12.2 Å². The molecule has 3 aromatic carbocycles. The van der Waals surface area contributed by atoms with Crippen LogP contribution in [0.15, 0.2) is 73.1 Å². The molecular weight excluding hydrogens is 725 g/mol. The third-order valence-corrected chi connectivity index (χ3v) is 12.6. The maximum Gasteiger partial charge on any atom is 0.407 e. The molecule has 2 saturated carbocycles. The summed E-state index contributed by atoms with van der Waals surface area (Å²) < 4.78 is 9.35. The van der Waals surface area contributed by atoms with Crippen molar-refractivity contribution in [2.45, 2.75) is 69.6 Å². The van der Waals surface area contributed by atoms with E-state index in [0.717, 1.165) is 94.6 Å². The fourth-order valence-corrected chi connectivity index (χ4v) is 9.32. The number of carbonyl (C=O) groups is 4. The number of carbonyl (C=O) groups excluding carboxylic acids is 4. The number of hydrogen-bond acceptors (Lipinski definition) is 8. The van der Waals surface area contributed by atoms with E-state index in [1.165, 1.54) is 14.2 Å². The number of alkyl carbamates (subject to hydrolysis) is 2. The van der Waals surface area contributed by atoms with Crippen molar-refractivity contribution in [2.24, 2.45) is 11.3 Å². The highest BCUT2D eigenvalue weighted by Gasteiger charge is 2.54. The van der Waals surface area contributed by atoms with E-state index in [4.69, 9.17) is 14.7 Å². The largest absolute Gasteiger partial charge is 0.453 e. The Morgan fingerprint density at radius 3 is 2.18 bits per heavy atom. The van der Waals surface area contributed by atoms with Crippen LogP contribution in [-0.2, 0) is 19.1 Å². The molecule has 2 aliphatic heterocycles. The molecule has 2 saturated heterocycles. The van der Waals surface area contributed by atoms with Gasteiger partial charge in [-0.2, -0.15) is 0 Å². The zero-order valence-electron chi connectivity index (χ0n) is 32.2. The molecule has 4 aliphatic rings. The molecule has 5 aromatic rings. The molecule has 2 aliphatic carbocycles. The summed E-state index contributed by atoms with van der Waals surface area (Å²) >= 11 is 0. The van der Waals surface area contributed by atoms with E-state index in [2.05, 4.69) is 86.0 Å². The first kappa shape index (κ1) is 36.5. The number of aromatic nitrogens is 4. The highest BCUT2D eigenvalue weighted by atomic mass is 16.5. The number of likely N-dealkylation sites (tertiary alicyclic amines) is 2. The van der Waals surface area contributed by atoms with Gasteiger partial charge in [0.05, 0.1) is 50.1 Å². The van der Waals surface area contributed by atoms with Gasteiger partial charge in [-0.3, -0.25) is 9.59 Å².